The number of hydrogen-bond acceptors (Lipinski definition) is 2. The van der Waals surface area contributed by atoms with E-state index in [2.05, 4.69) is 52.0 Å². The van der Waals surface area contributed by atoms with Crippen molar-refractivity contribution in [3.05, 3.63) is 54.9 Å². The lowest BCUT2D eigenvalue weighted by atomic mass is 10.1. The first-order chi connectivity index (χ1) is 9.38. The maximum absolute atomic E-state index is 5.11. The van der Waals surface area contributed by atoms with E-state index >= 15 is 0 Å². The number of fused-ring (bicyclic) bond motifs is 1. The Bertz CT molecular complexity index is 674. The van der Waals surface area contributed by atoms with E-state index in [4.69, 9.17) is 4.74 Å². The van der Waals surface area contributed by atoms with Gasteiger partial charge in [0.2, 0.25) is 0 Å². The minimum Gasteiger partial charge on any atom is -0.383 e. The van der Waals surface area contributed by atoms with E-state index in [1.807, 2.05) is 12.4 Å². The zero-order chi connectivity index (χ0) is 13.1. The second-order valence-electron chi connectivity index (χ2n) is 4.50. The van der Waals surface area contributed by atoms with Crippen LogP contribution in [0.5, 0.6) is 0 Å². The quantitative estimate of drug-likeness (QED) is 0.712. The molecule has 0 atom stereocenters. The molecule has 1 aromatic heterocycles. The molecular formula is C16H16N2O. The van der Waals surface area contributed by atoms with E-state index in [0.29, 0.717) is 6.61 Å². The predicted octanol–water partition coefficient (Wildman–Crippen LogP) is 3.35. The van der Waals surface area contributed by atoms with Gasteiger partial charge in [0.1, 0.15) is 0 Å². The number of imidazole rings is 1. The summed E-state index contributed by atoms with van der Waals surface area (Å²) in [6, 6.07) is 16.8. The van der Waals surface area contributed by atoms with E-state index in [-0.39, 0.29) is 0 Å². The summed E-state index contributed by atoms with van der Waals surface area (Å²) in [5, 5.41) is 0. The molecule has 0 spiro atoms. The lowest BCUT2D eigenvalue weighted by molar-refractivity contribution is 0.188. The van der Waals surface area contributed by atoms with Crippen LogP contribution in [0.4, 0.5) is 0 Å². The molecule has 0 saturated heterocycles. The van der Waals surface area contributed by atoms with Gasteiger partial charge in [0.05, 0.1) is 24.0 Å². The Balaban J connectivity index is 1.99. The molecule has 0 aliphatic heterocycles. The van der Waals surface area contributed by atoms with Crippen molar-refractivity contribution in [2.45, 2.75) is 6.54 Å². The Morgan fingerprint density at radius 1 is 1.05 bits per heavy atom. The number of benzene rings is 2. The van der Waals surface area contributed by atoms with Crippen LogP contribution >= 0.6 is 0 Å². The molecule has 3 nitrogen and oxygen atoms in total. The molecule has 96 valence electrons. The van der Waals surface area contributed by atoms with Crippen molar-refractivity contribution >= 4 is 11.0 Å². The number of rotatable bonds is 4. The molecule has 0 bridgehead atoms. The van der Waals surface area contributed by atoms with E-state index in [1.165, 1.54) is 11.1 Å². The third-order valence-corrected chi connectivity index (χ3v) is 3.26. The van der Waals surface area contributed by atoms with Gasteiger partial charge in [-0.2, -0.15) is 0 Å². The Kier molecular flexibility index (Phi) is 3.29. The first kappa shape index (κ1) is 11.9. The van der Waals surface area contributed by atoms with E-state index in [1.54, 1.807) is 7.11 Å². The SMILES string of the molecule is COCCn1cnc2cc(-c3ccccc3)ccc21. The monoisotopic (exact) mass is 252 g/mol. The molecule has 0 fully saturated rings. The zero-order valence-corrected chi connectivity index (χ0v) is 10.9. The molecule has 0 amide bonds. The first-order valence-electron chi connectivity index (χ1n) is 6.38. The number of hydrogen-bond donors (Lipinski definition) is 0. The summed E-state index contributed by atoms with van der Waals surface area (Å²) < 4.78 is 7.23. The number of nitrogens with zero attached hydrogens (tertiary/aromatic N) is 2. The highest BCUT2D eigenvalue weighted by Crippen LogP contribution is 2.23. The molecule has 0 unspecified atom stereocenters. The van der Waals surface area contributed by atoms with Gasteiger partial charge in [-0.1, -0.05) is 36.4 Å². The molecule has 2 aromatic carbocycles. The van der Waals surface area contributed by atoms with Crippen LogP contribution in [0.3, 0.4) is 0 Å². The fourth-order valence-electron chi connectivity index (χ4n) is 2.24. The molecule has 0 aliphatic rings. The van der Waals surface area contributed by atoms with Crippen molar-refractivity contribution in [3.8, 4) is 11.1 Å². The van der Waals surface area contributed by atoms with Crippen molar-refractivity contribution in [1.82, 2.24) is 9.55 Å². The van der Waals surface area contributed by atoms with Crippen molar-refractivity contribution < 1.29 is 4.74 Å². The predicted molar refractivity (Wildman–Crippen MR) is 77.0 cm³/mol. The molecule has 1 heterocycles. The highest BCUT2D eigenvalue weighted by molar-refractivity contribution is 5.82. The van der Waals surface area contributed by atoms with E-state index in [0.717, 1.165) is 17.6 Å². The third-order valence-electron chi connectivity index (χ3n) is 3.26. The summed E-state index contributed by atoms with van der Waals surface area (Å²) in [5.74, 6) is 0. The fourth-order valence-corrected chi connectivity index (χ4v) is 2.24. The first-order valence-corrected chi connectivity index (χ1v) is 6.38. The van der Waals surface area contributed by atoms with Crippen LogP contribution < -0.4 is 0 Å². The molecule has 3 rings (SSSR count). The zero-order valence-electron chi connectivity index (χ0n) is 10.9. The minimum absolute atomic E-state index is 0.700. The van der Waals surface area contributed by atoms with E-state index in [9.17, 15) is 0 Å². The van der Waals surface area contributed by atoms with Gasteiger partial charge < -0.3 is 9.30 Å². The normalized spacial score (nSPS) is 11.0. The van der Waals surface area contributed by atoms with Crippen molar-refractivity contribution in [3.63, 3.8) is 0 Å². The molecular weight excluding hydrogens is 236 g/mol. The molecule has 3 heteroatoms. The van der Waals surface area contributed by atoms with Gasteiger partial charge in [0.15, 0.2) is 0 Å². The van der Waals surface area contributed by atoms with Crippen molar-refractivity contribution in [2.24, 2.45) is 0 Å². The molecule has 3 aromatic rings. The molecule has 0 saturated carbocycles. The van der Waals surface area contributed by atoms with Crippen molar-refractivity contribution in [1.29, 1.82) is 0 Å². The summed E-state index contributed by atoms with van der Waals surface area (Å²) >= 11 is 0. The van der Waals surface area contributed by atoms with Gasteiger partial charge >= 0.3 is 0 Å². The summed E-state index contributed by atoms with van der Waals surface area (Å²) in [5.41, 5.74) is 4.59. The third kappa shape index (κ3) is 2.37. The van der Waals surface area contributed by atoms with Crippen LogP contribution in [0, 0.1) is 0 Å². The van der Waals surface area contributed by atoms with Gasteiger partial charge in [-0.15, -0.1) is 0 Å². The summed E-state index contributed by atoms with van der Waals surface area (Å²) in [6.07, 6.45) is 1.87. The topological polar surface area (TPSA) is 27.1 Å². The minimum atomic E-state index is 0.700. The lowest BCUT2D eigenvalue weighted by Crippen LogP contribution is -2.02. The Morgan fingerprint density at radius 2 is 1.89 bits per heavy atom. The Morgan fingerprint density at radius 3 is 2.68 bits per heavy atom. The van der Waals surface area contributed by atoms with Gasteiger partial charge in [0.25, 0.3) is 0 Å². The highest BCUT2D eigenvalue weighted by Gasteiger charge is 2.04. The van der Waals surface area contributed by atoms with Crippen LogP contribution in [0.15, 0.2) is 54.9 Å². The lowest BCUT2D eigenvalue weighted by Gasteiger charge is -2.04. The van der Waals surface area contributed by atoms with E-state index < -0.39 is 0 Å². The standard InChI is InChI=1S/C16H16N2O/c1-19-10-9-18-12-17-15-11-14(7-8-16(15)18)13-5-3-2-4-6-13/h2-8,11-12H,9-10H2,1H3. The van der Waals surface area contributed by atoms with Crippen LogP contribution in [-0.4, -0.2) is 23.3 Å². The highest BCUT2D eigenvalue weighted by atomic mass is 16.5. The molecule has 0 radical (unpaired) electrons. The van der Waals surface area contributed by atoms with Gasteiger partial charge in [-0.25, -0.2) is 4.98 Å². The fraction of sp³-hybridized carbons (Fsp3) is 0.188. The average Bonchev–Trinajstić information content (AvgIpc) is 2.88. The number of ether oxygens (including phenoxy) is 1. The summed E-state index contributed by atoms with van der Waals surface area (Å²) in [7, 11) is 1.71. The van der Waals surface area contributed by atoms with Crippen LogP contribution in [0.2, 0.25) is 0 Å². The maximum atomic E-state index is 5.11. The van der Waals surface area contributed by atoms with Gasteiger partial charge in [-0.05, 0) is 23.3 Å². The molecule has 19 heavy (non-hydrogen) atoms. The van der Waals surface area contributed by atoms with Crippen LogP contribution in [-0.2, 0) is 11.3 Å². The second-order valence-corrected chi connectivity index (χ2v) is 4.50. The maximum Gasteiger partial charge on any atom is 0.0959 e. The Labute approximate surface area is 112 Å². The Hall–Kier alpha value is -2.13. The van der Waals surface area contributed by atoms with Gasteiger partial charge in [-0.3, -0.25) is 0 Å². The second kappa shape index (κ2) is 5.24. The molecule has 0 aliphatic carbocycles. The summed E-state index contributed by atoms with van der Waals surface area (Å²) in [6.45, 7) is 1.53. The number of methoxy groups -OCH3 is 1. The average molecular weight is 252 g/mol. The van der Waals surface area contributed by atoms with Crippen molar-refractivity contribution in [2.75, 3.05) is 13.7 Å². The summed E-state index contributed by atoms with van der Waals surface area (Å²) in [4.78, 5) is 4.47. The smallest absolute Gasteiger partial charge is 0.0959 e. The van der Waals surface area contributed by atoms with Gasteiger partial charge in [0, 0.05) is 13.7 Å². The largest absolute Gasteiger partial charge is 0.383 e. The van der Waals surface area contributed by atoms with Crippen LogP contribution in [0.25, 0.3) is 22.2 Å². The van der Waals surface area contributed by atoms with Crippen LogP contribution in [0.1, 0.15) is 0 Å². The number of aromatic nitrogens is 2. The molecule has 0 N–H and O–H groups in total.